The van der Waals surface area contributed by atoms with Crippen LogP contribution in [-0.2, 0) is 0 Å². The molecule has 1 rings (SSSR count). The predicted molar refractivity (Wildman–Crippen MR) is 52.5 cm³/mol. The van der Waals surface area contributed by atoms with Crippen LogP contribution in [0.15, 0.2) is 16.6 Å². The van der Waals surface area contributed by atoms with Gasteiger partial charge in [0, 0.05) is 5.56 Å². The summed E-state index contributed by atoms with van der Waals surface area (Å²) in [6, 6.07) is 2.38. The number of aromatic hydroxyl groups is 1. The first-order valence-corrected chi connectivity index (χ1v) is 4.40. The van der Waals surface area contributed by atoms with Gasteiger partial charge in [-0.3, -0.25) is 14.9 Å². The van der Waals surface area contributed by atoms with Crippen molar-refractivity contribution in [2.45, 2.75) is 6.92 Å². The molecule has 0 aliphatic carbocycles. The van der Waals surface area contributed by atoms with Gasteiger partial charge >= 0.3 is 5.69 Å². The molecule has 0 aliphatic heterocycles. The number of ketones is 1. The zero-order chi connectivity index (χ0) is 10.9. The third-order valence-electron chi connectivity index (χ3n) is 1.63. The summed E-state index contributed by atoms with van der Waals surface area (Å²) in [7, 11) is 0. The van der Waals surface area contributed by atoms with Gasteiger partial charge < -0.3 is 5.11 Å². The number of carbonyl (C=O) groups is 1. The third kappa shape index (κ3) is 1.90. The second kappa shape index (κ2) is 3.75. The van der Waals surface area contributed by atoms with Crippen molar-refractivity contribution in [2.24, 2.45) is 0 Å². The molecule has 1 aromatic rings. The molecule has 0 radical (unpaired) electrons. The number of rotatable bonds is 2. The highest BCUT2D eigenvalue weighted by Gasteiger charge is 2.20. The number of benzene rings is 1. The molecular formula is C8H6BrNO4. The first-order valence-electron chi connectivity index (χ1n) is 3.61. The van der Waals surface area contributed by atoms with Gasteiger partial charge in [-0.2, -0.15) is 0 Å². The first kappa shape index (κ1) is 10.6. The van der Waals surface area contributed by atoms with Crippen LogP contribution < -0.4 is 0 Å². The zero-order valence-corrected chi connectivity index (χ0v) is 8.74. The largest absolute Gasteiger partial charge is 0.502 e. The molecule has 0 atom stereocenters. The lowest BCUT2D eigenvalue weighted by Gasteiger charge is -2.01. The molecule has 0 spiro atoms. The van der Waals surface area contributed by atoms with E-state index in [1.54, 1.807) is 0 Å². The van der Waals surface area contributed by atoms with Gasteiger partial charge in [0.15, 0.2) is 11.5 Å². The Morgan fingerprint density at radius 1 is 1.57 bits per heavy atom. The molecule has 1 N–H and O–H groups in total. The van der Waals surface area contributed by atoms with E-state index in [2.05, 4.69) is 15.9 Å². The van der Waals surface area contributed by atoms with Crippen molar-refractivity contribution < 1.29 is 14.8 Å². The molecule has 0 saturated carbocycles. The Morgan fingerprint density at radius 3 is 2.50 bits per heavy atom. The summed E-state index contributed by atoms with van der Waals surface area (Å²) in [6.07, 6.45) is 0. The highest BCUT2D eigenvalue weighted by atomic mass is 79.9. The molecule has 5 nitrogen and oxygen atoms in total. The SMILES string of the molecule is CC(=O)c1cc(O)c([N+](=O)[O-])c(Br)c1. The standard InChI is InChI=1S/C8H6BrNO4/c1-4(11)5-2-6(9)8(10(13)14)7(12)3-5/h2-3,12H,1H3. The molecule has 0 aromatic heterocycles. The number of carbonyl (C=O) groups excluding carboxylic acids is 1. The van der Waals surface area contributed by atoms with Crippen LogP contribution in [0.1, 0.15) is 17.3 Å². The maximum absolute atomic E-state index is 10.9. The molecule has 0 saturated heterocycles. The fraction of sp³-hybridized carbons (Fsp3) is 0.125. The zero-order valence-electron chi connectivity index (χ0n) is 7.15. The highest BCUT2D eigenvalue weighted by molar-refractivity contribution is 9.10. The van der Waals surface area contributed by atoms with Gasteiger partial charge in [-0.15, -0.1) is 0 Å². The monoisotopic (exact) mass is 259 g/mol. The molecule has 0 bridgehead atoms. The summed E-state index contributed by atoms with van der Waals surface area (Å²) in [5, 5.41) is 19.7. The molecule has 6 heteroatoms. The lowest BCUT2D eigenvalue weighted by Crippen LogP contribution is -1.96. The maximum Gasteiger partial charge on any atom is 0.324 e. The average Bonchev–Trinajstić information content (AvgIpc) is 2.01. The van der Waals surface area contributed by atoms with Gasteiger partial charge in [0.25, 0.3) is 0 Å². The van der Waals surface area contributed by atoms with Gasteiger partial charge in [0.05, 0.1) is 9.40 Å². The van der Waals surface area contributed by atoms with E-state index in [0.29, 0.717) is 0 Å². The summed E-state index contributed by atoms with van der Waals surface area (Å²) < 4.78 is 0.0905. The van der Waals surface area contributed by atoms with E-state index in [9.17, 15) is 20.0 Å². The number of nitro groups is 1. The van der Waals surface area contributed by atoms with E-state index in [1.165, 1.54) is 13.0 Å². The quantitative estimate of drug-likeness (QED) is 0.502. The molecule has 0 heterocycles. The van der Waals surface area contributed by atoms with Crippen molar-refractivity contribution in [3.8, 4) is 5.75 Å². The van der Waals surface area contributed by atoms with E-state index >= 15 is 0 Å². The smallest absolute Gasteiger partial charge is 0.324 e. The van der Waals surface area contributed by atoms with Crippen LogP contribution >= 0.6 is 15.9 Å². The Kier molecular flexibility index (Phi) is 2.85. The number of hydrogen-bond acceptors (Lipinski definition) is 4. The molecule has 0 aliphatic rings. The molecule has 0 unspecified atom stereocenters. The molecule has 74 valence electrons. The fourth-order valence-corrected chi connectivity index (χ4v) is 1.56. The second-order valence-electron chi connectivity index (χ2n) is 2.64. The molecule has 0 fully saturated rings. The van der Waals surface area contributed by atoms with Crippen molar-refractivity contribution in [2.75, 3.05) is 0 Å². The lowest BCUT2D eigenvalue weighted by molar-refractivity contribution is -0.386. The van der Waals surface area contributed by atoms with Crippen molar-refractivity contribution in [1.82, 2.24) is 0 Å². The van der Waals surface area contributed by atoms with Crippen molar-refractivity contribution in [3.05, 3.63) is 32.3 Å². The van der Waals surface area contributed by atoms with Crippen LogP contribution in [0, 0.1) is 10.1 Å². The summed E-state index contributed by atoms with van der Waals surface area (Å²) in [5.41, 5.74) is -0.213. The maximum atomic E-state index is 10.9. The second-order valence-corrected chi connectivity index (χ2v) is 3.49. The minimum absolute atomic E-state index is 0.0905. The van der Waals surface area contributed by atoms with Gasteiger partial charge in [0.2, 0.25) is 0 Å². The van der Waals surface area contributed by atoms with Gasteiger partial charge in [-0.25, -0.2) is 0 Å². The van der Waals surface area contributed by atoms with E-state index < -0.39 is 16.4 Å². The number of phenolic OH excluding ortho intramolecular Hbond substituents is 1. The number of nitro benzene ring substituents is 1. The summed E-state index contributed by atoms with van der Waals surface area (Å²) in [4.78, 5) is 20.7. The van der Waals surface area contributed by atoms with E-state index in [4.69, 9.17) is 0 Å². The number of Topliss-reactive ketones (excluding diaryl/α,β-unsaturated/α-hetero) is 1. The van der Waals surface area contributed by atoms with Crippen LogP contribution in [0.5, 0.6) is 5.75 Å². The number of nitrogens with zero attached hydrogens (tertiary/aromatic N) is 1. The van der Waals surface area contributed by atoms with Crippen LogP contribution in [-0.4, -0.2) is 15.8 Å². The van der Waals surface area contributed by atoms with Crippen LogP contribution in [0.3, 0.4) is 0 Å². The number of hydrogen-bond donors (Lipinski definition) is 1. The van der Waals surface area contributed by atoms with Crippen LogP contribution in [0.4, 0.5) is 5.69 Å². The predicted octanol–water partition coefficient (Wildman–Crippen LogP) is 2.27. The Hall–Kier alpha value is -1.43. The lowest BCUT2D eigenvalue weighted by atomic mass is 10.1. The van der Waals surface area contributed by atoms with Gasteiger partial charge in [-0.1, -0.05) is 0 Å². The average molecular weight is 260 g/mol. The Bertz CT molecular complexity index is 393. The minimum atomic E-state index is -0.719. The normalized spacial score (nSPS) is 9.86. The first-order chi connectivity index (χ1) is 6.43. The Balaban J connectivity index is 3.39. The van der Waals surface area contributed by atoms with Crippen molar-refractivity contribution in [3.63, 3.8) is 0 Å². The van der Waals surface area contributed by atoms with E-state index in [1.807, 2.05) is 0 Å². The summed E-state index contributed by atoms with van der Waals surface area (Å²) in [6.45, 7) is 1.31. The van der Waals surface area contributed by atoms with E-state index in [0.717, 1.165) is 6.07 Å². The molecular weight excluding hydrogens is 254 g/mol. The minimum Gasteiger partial charge on any atom is -0.502 e. The topological polar surface area (TPSA) is 80.4 Å². The molecule has 0 amide bonds. The Labute approximate surface area is 87.6 Å². The fourth-order valence-electron chi connectivity index (χ4n) is 0.969. The summed E-state index contributed by atoms with van der Waals surface area (Å²) >= 11 is 2.91. The van der Waals surface area contributed by atoms with Gasteiger partial charge in [-0.05, 0) is 35.0 Å². The summed E-state index contributed by atoms with van der Waals surface area (Å²) in [5.74, 6) is -0.787. The third-order valence-corrected chi connectivity index (χ3v) is 2.24. The molecule has 14 heavy (non-hydrogen) atoms. The number of halogens is 1. The number of phenols is 1. The molecule has 1 aromatic carbocycles. The van der Waals surface area contributed by atoms with Crippen molar-refractivity contribution in [1.29, 1.82) is 0 Å². The highest BCUT2D eigenvalue weighted by Crippen LogP contribution is 2.35. The van der Waals surface area contributed by atoms with Gasteiger partial charge in [0.1, 0.15) is 0 Å². The van der Waals surface area contributed by atoms with Crippen LogP contribution in [0.2, 0.25) is 0 Å². The Morgan fingerprint density at radius 2 is 2.14 bits per heavy atom. The van der Waals surface area contributed by atoms with Crippen molar-refractivity contribution >= 4 is 27.4 Å². The van der Waals surface area contributed by atoms with E-state index in [-0.39, 0.29) is 15.8 Å². The van der Waals surface area contributed by atoms with Crippen LogP contribution in [0.25, 0.3) is 0 Å².